The molecule has 0 unspecified atom stereocenters. The van der Waals surface area contributed by atoms with Gasteiger partial charge in [0, 0.05) is 19.0 Å². The summed E-state index contributed by atoms with van der Waals surface area (Å²) in [5, 5.41) is 8.71. The van der Waals surface area contributed by atoms with Crippen molar-refractivity contribution in [1.29, 1.82) is 0 Å². The average Bonchev–Trinajstić information content (AvgIpc) is 3.29. The van der Waals surface area contributed by atoms with Gasteiger partial charge in [-0.1, -0.05) is 12.2 Å². The monoisotopic (exact) mass is 301 g/mol. The summed E-state index contributed by atoms with van der Waals surface area (Å²) in [5.74, 6) is 2.44. The van der Waals surface area contributed by atoms with Crippen LogP contribution in [0, 0.1) is 5.92 Å². The molecule has 1 aromatic heterocycles. The first-order valence-corrected chi connectivity index (χ1v) is 8.38. The summed E-state index contributed by atoms with van der Waals surface area (Å²) < 4.78 is 2.22. The van der Waals surface area contributed by atoms with Crippen LogP contribution in [0.15, 0.2) is 12.2 Å². The van der Waals surface area contributed by atoms with Gasteiger partial charge in [0.05, 0.1) is 13.1 Å². The van der Waals surface area contributed by atoms with Crippen LogP contribution in [0.25, 0.3) is 0 Å². The van der Waals surface area contributed by atoms with E-state index < -0.39 is 0 Å². The first kappa shape index (κ1) is 13.9. The number of fused-ring (bicyclic) bond motifs is 1. The summed E-state index contributed by atoms with van der Waals surface area (Å²) in [4.78, 5) is 16.9. The highest BCUT2D eigenvalue weighted by molar-refractivity contribution is 5.79. The molecule has 1 saturated heterocycles. The van der Waals surface area contributed by atoms with Crippen molar-refractivity contribution < 1.29 is 4.79 Å². The molecule has 0 N–H and O–H groups in total. The van der Waals surface area contributed by atoms with Crippen molar-refractivity contribution in [1.82, 2.24) is 24.6 Å². The number of carbonyl (C=O) groups is 1. The molecule has 1 amide bonds. The Bertz CT molecular complexity index is 579. The summed E-state index contributed by atoms with van der Waals surface area (Å²) >= 11 is 0. The Morgan fingerprint density at radius 3 is 2.64 bits per heavy atom. The second kappa shape index (κ2) is 5.83. The summed E-state index contributed by atoms with van der Waals surface area (Å²) in [6.45, 7) is 5.46. The van der Waals surface area contributed by atoms with Crippen molar-refractivity contribution in [3.8, 4) is 0 Å². The third-order valence-corrected chi connectivity index (χ3v) is 5.06. The van der Waals surface area contributed by atoms with Crippen LogP contribution in [-0.4, -0.2) is 50.1 Å². The minimum Gasteiger partial charge on any atom is -0.333 e. The number of hydrogen-bond donors (Lipinski definition) is 0. The molecule has 0 spiro atoms. The van der Waals surface area contributed by atoms with Gasteiger partial charge in [0.1, 0.15) is 5.82 Å². The molecule has 118 valence electrons. The minimum absolute atomic E-state index is 0.151. The molecule has 6 nitrogen and oxygen atoms in total. The van der Waals surface area contributed by atoms with Gasteiger partial charge in [-0.25, -0.2) is 0 Å². The maximum absolute atomic E-state index is 12.5. The molecule has 1 aliphatic carbocycles. The minimum atomic E-state index is 0.151. The van der Waals surface area contributed by atoms with Gasteiger partial charge in [-0.3, -0.25) is 9.69 Å². The van der Waals surface area contributed by atoms with E-state index in [1.54, 1.807) is 0 Å². The van der Waals surface area contributed by atoms with Crippen molar-refractivity contribution >= 4 is 5.91 Å². The van der Waals surface area contributed by atoms with Crippen LogP contribution in [0.4, 0.5) is 0 Å². The van der Waals surface area contributed by atoms with E-state index in [2.05, 4.69) is 31.8 Å². The van der Waals surface area contributed by atoms with Gasteiger partial charge < -0.3 is 9.47 Å². The maximum Gasteiger partial charge on any atom is 0.226 e. The molecule has 1 aromatic rings. The van der Waals surface area contributed by atoms with Crippen molar-refractivity contribution in [3.05, 3.63) is 23.8 Å². The van der Waals surface area contributed by atoms with E-state index in [9.17, 15) is 4.79 Å². The lowest BCUT2D eigenvalue weighted by Gasteiger charge is -2.30. The van der Waals surface area contributed by atoms with E-state index in [4.69, 9.17) is 0 Å². The largest absolute Gasteiger partial charge is 0.333 e. The zero-order valence-electron chi connectivity index (χ0n) is 12.9. The molecule has 3 aliphatic rings. The average molecular weight is 301 g/mol. The van der Waals surface area contributed by atoms with Crippen molar-refractivity contribution in [3.63, 3.8) is 0 Å². The highest BCUT2D eigenvalue weighted by Gasteiger charge is 2.29. The number of rotatable bonds is 3. The van der Waals surface area contributed by atoms with E-state index in [1.165, 1.54) is 25.9 Å². The second-order valence-electron chi connectivity index (χ2n) is 6.57. The normalized spacial score (nSPS) is 22.5. The number of carbonyl (C=O) groups excluding carboxylic acids is 1. The van der Waals surface area contributed by atoms with Gasteiger partial charge in [0.25, 0.3) is 0 Å². The summed E-state index contributed by atoms with van der Waals surface area (Å²) in [6.07, 6.45) is 8.59. The number of amides is 1. The zero-order chi connectivity index (χ0) is 14.9. The molecule has 0 atom stereocenters. The maximum atomic E-state index is 12.5. The van der Waals surface area contributed by atoms with E-state index in [-0.39, 0.29) is 11.8 Å². The third kappa shape index (κ3) is 2.56. The van der Waals surface area contributed by atoms with Gasteiger partial charge >= 0.3 is 0 Å². The summed E-state index contributed by atoms with van der Waals surface area (Å²) in [7, 11) is 0. The number of likely N-dealkylation sites (tertiary alicyclic amines) is 1. The first-order valence-electron chi connectivity index (χ1n) is 8.38. The Morgan fingerprint density at radius 1 is 1.09 bits per heavy atom. The van der Waals surface area contributed by atoms with Gasteiger partial charge in [0.2, 0.25) is 5.91 Å². The van der Waals surface area contributed by atoms with Gasteiger partial charge in [-0.15, -0.1) is 10.2 Å². The molecule has 22 heavy (non-hydrogen) atoms. The SMILES string of the molecule is O=C(C1CC=CC1)N1CCn2c(CN3CCCC3)nnc2C1. The van der Waals surface area contributed by atoms with Crippen LogP contribution < -0.4 is 0 Å². The van der Waals surface area contributed by atoms with Crippen molar-refractivity contribution in [2.75, 3.05) is 19.6 Å². The Kier molecular flexibility index (Phi) is 3.70. The fourth-order valence-electron chi connectivity index (χ4n) is 3.74. The molecule has 3 heterocycles. The van der Waals surface area contributed by atoms with Gasteiger partial charge in [-0.2, -0.15) is 0 Å². The highest BCUT2D eigenvalue weighted by Crippen LogP contribution is 2.23. The van der Waals surface area contributed by atoms with Crippen LogP contribution in [0.2, 0.25) is 0 Å². The van der Waals surface area contributed by atoms with Crippen molar-refractivity contribution in [2.24, 2.45) is 5.92 Å². The number of hydrogen-bond acceptors (Lipinski definition) is 4. The lowest BCUT2D eigenvalue weighted by Crippen LogP contribution is -2.41. The van der Waals surface area contributed by atoms with E-state index in [1.807, 2.05) is 4.90 Å². The highest BCUT2D eigenvalue weighted by atomic mass is 16.2. The smallest absolute Gasteiger partial charge is 0.226 e. The summed E-state index contributed by atoms with van der Waals surface area (Å²) in [6, 6.07) is 0. The topological polar surface area (TPSA) is 54.3 Å². The third-order valence-electron chi connectivity index (χ3n) is 5.06. The quantitative estimate of drug-likeness (QED) is 0.787. The molecule has 0 radical (unpaired) electrons. The second-order valence-corrected chi connectivity index (χ2v) is 6.57. The molecule has 0 aromatic carbocycles. The molecular weight excluding hydrogens is 278 g/mol. The van der Waals surface area contributed by atoms with E-state index in [0.717, 1.165) is 44.1 Å². The number of aromatic nitrogens is 3. The molecule has 6 heteroatoms. The fraction of sp³-hybridized carbons (Fsp3) is 0.688. The van der Waals surface area contributed by atoms with Crippen LogP contribution in [0.1, 0.15) is 37.3 Å². The van der Waals surface area contributed by atoms with Crippen LogP contribution >= 0.6 is 0 Å². The van der Waals surface area contributed by atoms with Gasteiger partial charge in [-0.05, 0) is 38.8 Å². The zero-order valence-corrected chi connectivity index (χ0v) is 12.9. The molecular formula is C16H23N5O. The Hall–Kier alpha value is -1.69. The Balaban J connectivity index is 1.43. The van der Waals surface area contributed by atoms with Crippen LogP contribution in [0.5, 0.6) is 0 Å². The standard InChI is InChI=1S/C16H23N5O/c22-16(13-5-1-2-6-13)20-9-10-21-14(17-18-15(21)12-20)11-19-7-3-4-8-19/h1-2,13H,3-12H2. The molecule has 1 fully saturated rings. The Labute approximate surface area is 130 Å². The van der Waals surface area contributed by atoms with Gasteiger partial charge in [0.15, 0.2) is 5.82 Å². The van der Waals surface area contributed by atoms with Crippen LogP contribution in [0.3, 0.4) is 0 Å². The van der Waals surface area contributed by atoms with E-state index >= 15 is 0 Å². The van der Waals surface area contributed by atoms with Crippen molar-refractivity contribution in [2.45, 2.75) is 45.3 Å². The fourth-order valence-corrected chi connectivity index (χ4v) is 3.74. The lowest BCUT2D eigenvalue weighted by molar-refractivity contribution is -0.136. The Morgan fingerprint density at radius 2 is 1.86 bits per heavy atom. The lowest BCUT2D eigenvalue weighted by atomic mass is 10.1. The summed E-state index contributed by atoms with van der Waals surface area (Å²) in [5.41, 5.74) is 0. The number of nitrogens with zero attached hydrogens (tertiary/aromatic N) is 5. The predicted octanol–water partition coefficient (Wildman–Crippen LogP) is 1.18. The molecule has 2 aliphatic heterocycles. The predicted molar refractivity (Wildman–Crippen MR) is 81.8 cm³/mol. The van der Waals surface area contributed by atoms with Crippen LogP contribution in [-0.2, 0) is 24.4 Å². The molecule has 0 bridgehead atoms. The first-order chi connectivity index (χ1) is 10.8. The number of allylic oxidation sites excluding steroid dienone is 2. The molecule has 0 saturated carbocycles. The van der Waals surface area contributed by atoms with E-state index in [0.29, 0.717) is 6.54 Å². The molecule has 4 rings (SSSR count).